The van der Waals surface area contributed by atoms with Crippen LogP contribution >= 0.6 is 0 Å². The van der Waals surface area contributed by atoms with E-state index in [0.717, 1.165) is 6.42 Å². The van der Waals surface area contributed by atoms with Crippen LogP contribution in [0, 0.1) is 0 Å². The summed E-state index contributed by atoms with van der Waals surface area (Å²) in [6.45, 7) is 6.29. The Morgan fingerprint density at radius 1 is 1.57 bits per heavy atom. The van der Waals surface area contributed by atoms with Crippen molar-refractivity contribution in [2.24, 2.45) is 0 Å². The summed E-state index contributed by atoms with van der Waals surface area (Å²) in [5.41, 5.74) is -0.423. The third-order valence-corrected chi connectivity index (χ3v) is 4.47. The second kappa shape index (κ2) is 4.16. The number of sulfonamides is 1. The average Bonchev–Trinajstić information content (AvgIpc) is 2.30. The van der Waals surface area contributed by atoms with Crippen LogP contribution in [0.2, 0.25) is 0 Å². The fourth-order valence-corrected chi connectivity index (χ4v) is 3.26. The van der Waals surface area contributed by atoms with E-state index in [9.17, 15) is 8.42 Å². The molecule has 0 spiro atoms. The van der Waals surface area contributed by atoms with Gasteiger partial charge in [-0.15, -0.1) is 0 Å². The summed E-state index contributed by atoms with van der Waals surface area (Å²) in [5, 5.41) is 0. The minimum Gasteiger partial charge on any atom is -0.376 e. The van der Waals surface area contributed by atoms with Crippen molar-refractivity contribution in [2.45, 2.75) is 45.3 Å². The van der Waals surface area contributed by atoms with E-state index in [1.54, 1.807) is 0 Å². The highest BCUT2D eigenvalue weighted by Gasteiger charge is 2.39. The molecule has 2 atom stereocenters. The fraction of sp³-hybridized carbons (Fsp3) is 1.00. The van der Waals surface area contributed by atoms with Crippen LogP contribution in [-0.4, -0.2) is 32.4 Å². The molecule has 0 aliphatic carbocycles. The number of nitrogens with one attached hydrogen (secondary N) is 1. The van der Waals surface area contributed by atoms with Crippen LogP contribution in [0.1, 0.15) is 33.6 Å². The molecule has 0 radical (unpaired) electrons. The summed E-state index contributed by atoms with van der Waals surface area (Å²) in [7, 11) is -3.14. The summed E-state index contributed by atoms with van der Waals surface area (Å²) in [5.74, 6) is 0.190. The largest absolute Gasteiger partial charge is 0.376 e. The van der Waals surface area contributed by atoms with E-state index in [-0.39, 0.29) is 11.9 Å². The first-order valence-electron chi connectivity index (χ1n) is 5.03. The smallest absolute Gasteiger partial charge is 0.212 e. The van der Waals surface area contributed by atoms with Crippen LogP contribution in [-0.2, 0) is 14.8 Å². The lowest BCUT2D eigenvalue weighted by molar-refractivity contribution is 0.0957. The van der Waals surface area contributed by atoms with E-state index in [1.165, 1.54) is 0 Å². The highest BCUT2D eigenvalue weighted by molar-refractivity contribution is 7.89. The monoisotopic (exact) mass is 221 g/mol. The molecule has 1 saturated heterocycles. The predicted molar refractivity (Wildman–Crippen MR) is 55.6 cm³/mol. The maximum absolute atomic E-state index is 11.6. The molecule has 0 amide bonds. The third-order valence-electron chi connectivity index (χ3n) is 2.75. The second-order valence-corrected chi connectivity index (χ2v) is 5.94. The summed E-state index contributed by atoms with van der Waals surface area (Å²) >= 11 is 0. The van der Waals surface area contributed by atoms with Crippen molar-refractivity contribution in [2.75, 3.05) is 12.4 Å². The topological polar surface area (TPSA) is 55.4 Å². The van der Waals surface area contributed by atoms with Gasteiger partial charge in [-0.1, -0.05) is 6.92 Å². The van der Waals surface area contributed by atoms with E-state index in [4.69, 9.17) is 4.74 Å². The van der Waals surface area contributed by atoms with E-state index in [2.05, 4.69) is 4.72 Å². The van der Waals surface area contributed by atoms with Crippen molar-refractivity contribution in [3.05, 3.63) is 0 Å². The first-order chi connectivity index (χ1) is 6.40. The molecule has 1 aliphatic heterocycles. The first kappa shape index (κ1) is 11.9. The highest BCUT2D eigenvalue weighted by Crippen LogP contribution is 2.25. The molecule has 1 rings (SSSR count). The van der Waals surface area contributed by atoms with Gasteiger partial charge in [-0.25, -0.2) is 13.1 Å². The Kier molecular flexibility index (Phi) is 3.55. The standard InChI is InChI=1S/C9H19NO3S/c1-4-7-14(11,12)10-9(3)5-6-13-8(9)2/h8,10H,4-7H2,1-3H3. The average molecular weight is 221 g/mol. The maximum Gasteiger partial charge on any atom is 0.212 e. The molecule has 14 heavy (non-hydrogen) atoms. The zero-order valence-corrected chi connectivity index (χ0v) is 9.86. The Labute approximate surface area is 86.1 Å². The van der Waals surface area contributed by atoms with Crippen LogP contribution in [0.15, 0.2) is 0 Å². The molecule has 1 N–H and O–H groups in total. The number of hydrogen-bond donors (Lipinski definition) is 1. The molecule has 0 aromatic rings. The quantitative estimate of drug-likeness (QED) is 0.767. The minimum atomic E-state index is -3.14. The zero-order chi connectivity index (χ0) is 10.8. The molecular weight excluding hydrogens is 202 g/mol. The van der Waals surface area contributed by atoms with Gasteiger partial charge in [0.15, 0.2) is 0 Å². The molecule has 1 aliphatic rings. The summed E-state index contributed by atoms with van der Waals surface area (Å²) < 4.78 is 31.2. The van der Waals surface area contributed by atoms with Crippen molar-refractivity contribution in [3.8, 4) is 0 Å². The third kappa shape index (κ3) is 2.68. The Morgan fingerprint density at radius 2 is 2.21 bits per heavy atom. The number of rotatable bonds is 4. The van der Waals surface area contributed by atoms with Gasteiger partial charge in [-0.2, -0.15) is 0 Å². The van der Waals surface area contributed by atoms with Gasteiger partial charge in [0.2, 0.25) is 10.0 Å². The van der Waals surface area contributed by atoms with Gasteiger partial charge in [0, 0.05) is 6.61 Å². The minimum absolute atomic E-state index is 0.0471. The van der Waals surface area contributed by atoms with E-state index >= 15 is 0 Å². The second-order valence-electron chi connectivity index (χ2n) is 4.10. The Hall–Kier alpha value is -0.130. The van der Waals surface area contributed by atoms with Gasteiger partial charge < -0.3 is 4.74 Å². The van der Waals surface area contributed by atoms with Crippen LogP contribution < -0.4 is 4.72 Å². The van der Waals surface area contributed by atoms with Gasteiger partial charge in [0.05, 0.1) is 17.4 Å². The SMILES string of the molecule is CCCS(=O)(=O)NC1(C)CCOC1C. The van der Waals surface area contributed by atoms with Crippen molar-refractivity contribution >= 4 is 10.0 Å². The van der Waals surface area contributed by atoms with Gasteiger partial charge in [-0.05, 0) is 26.7 Å². The van der Waals surface area contributed by atoms with Gasteiger partial charge in [0.1, 0.15) is 0 Å². The highest BCUT2D eigenvalue weighted by atomic mass is 32.2. The Balaban J connectivity index is 2.67. The first-order valence-corrected chi connectivity index (χ1v) is 6.68. The van der Waals surface area contributed by atoms with Crippen LogP contribution in [0.3, 0.4) is 0 Å². The van der Waals surface area contributed by atoms with Crippen molar-refractivity contribution in [1.82, 2.24) is 4.72 Å². The Bertz CT molecular complexity index is 288. The molecule has 4 nitrogen and oxygen atoms in total. The predicted octanol–water partition coefficient (Wildman–Crippen LogP) is 0.883. The van der Waals surface area contributed by atoms with Gasteiger partial charge in [0.25, 0.3) is 0 Å². The molecule has 0 saturated carbocycles. The molecule has 1 heterocycles. The lowest BCUT2D eigenvalue weighted by atomic mass is 9.97. The molecule has 0 aromatic heterocycles. The van der Waals surface area contributed by atoms with Crippen molar-refractivity contribution in [1.29, 1.82) is 0 Å². The lowest BCUT2D eigenvalue weighted by Gasteiger charge is -2.28. The summed E-state index contributed by atoms with van der Waals surface area (Å²) in [4.78, 5) is 0. The summed E-state index contributed by atoms with van der Waals surface area (Å²) in [6, 6.07) is 0. The van der Waals surface area contributed by atoms with E-state index < -0.39 is 15.6 Å². The van der Waals surface area contributed by atoms with Gasteiger partial charge >= 0.3 is 0 Å². The summed E-state index contributed by atoms with van der Waals surface area (Å²) in [6.07, 6.45) is 1.34. The van der Waals surface area contributed by atoms with Crippen LogP contribution in [0.5, 0.6) is 0 Å². The Morgan fingerprint density at radius 3 is 2.64 bits per heavy atom. The van der Waals surface area contributed by atoms with Crippen LogP contribution in [0.4, 0.5) is 0 Å². The maximum atomic E-state index is 11.6. The fourth-order valence-electron chi connectivity index (χ4n) is 1.64. The molecule has 1 fully saturated rings. The molecule has 0 bridgehead atoms. The van der Waals surface area contributed by atoms with Crippen molar-refractivity contribution in [3.63, 3.8) is 0 Å². The van der Waals surface area contributed by atoms with E-state index in [1.807, 2.05) is 20.8 Å². The normalized spacial score (nSPS) is 33.5. The molecular formula is C9H19NO3S. The molecule has 84 valence electrons. The molecule has 2 unspecified atom stereocenters. The number of ether oxygens (including phenoxy) is 1. The zero-order valence-electron chi connectivity index (χ0n) is 9.04. The lowest BCUT2D eigenvalue weighted by Crippen LogP contribution is -2.51. The molecule has 5 heteroatoms. The van der Waals surface area contributed by atoms with E-state index in [0.29, 0.717) is 13.0 Å². The number of hydrogen-bond acceptors (Lipinski definition) is 3. The van der Waals surface area contributed by atoms with Crippen LogP contribution in [0.25, 0.3) is 0 Å². The van der Waals surface area contributed by atoms with Crippen molar-refractivity contribution < 1.29 is 13.2 Å². The van der Waals surface area contributed by atoms with Gasteiger partial charge in [-0.3, -0.25) is 0 Å². The molecule has 0 aromatic carbocycles.